The first-order valence-corrected chi connectivity index (χ1v) is 5.71. The van der Waals surface area contributed by atoms with Crippen LogP contribution in [0.5, 0.6) is 0 Å². The highest BCUT2D eigenvalue weighted by Crippen LogP contribution is 2.27. The zero-order valence-electron chi connectivity index (χ0n) is 7.56. The number of aliphatic hydroxyl groups excluding tert-OH is 3. The molecule has 0 aliphatic heterocycles. The van der Waals surface area contributed by atoms with Crippen molar-refractivity contribution < 1.29 is 15.3 Å². The minimum atomic E-state index is -0.956. The Bertz CT molecular complexity index is 277. The van der Waals surface area contributed by atoms with E-state index < -0.39 is 12.2 Å². The Balaban J connectivity index is 2.72. The van der Waals surface area contributed by atoms with Crippen LogP contribution in [-0.2, 0) is 6.61 Å². The van der Waals surface area contributed by atoms with E-state index in [9.17, 15) is 10.2 Å². The lowest BCUT2D eigenvalue weighted by molar-refractivity contribution is 0.0162. The first-order chi connectivity index (χ1) is 6.70. The Morgan fingerprint density at radius 2 is 2.14 bits per heavy atom. The zero-order valence-corrected chi connectivity index (χ0v) is 9.13. The molecule has 1 aromatic heterocycles. The van der Waals surface area contributed by atoms with Crippen LogP contribution in [0.15, 0.2) is 11.4 Å². The van der Waals surface area contributed by atoms with E-state index in [4.69, 9.17) is 16.7 Å². The number of thiophene rings is 1. The Hall–Kier alpha value is -0.130. The molecule has 0 radical (unpaired) electrons. The lowest BCUT2D eigenvalue weighted by Crippen LogP contribution is -2.19. The van der Waals surface area contributed by atoms with Crippen molar-refractivity contribution in [3.05, 3.63) is 21.9 Å². The molecular formula is C9H13ClO3S. The van der Waals surface area contributed by atoms with Crippen LogP contribution in [0.1, 0.15) is 23.0 Å². The van der Waals surface area contributed by atoms with Gasteiger partial charge in [0.2, 0.25) is 0 Å². The molecule has 3 nitrogen and oxygen atoms in total. The van der Waals surface area contributed by atoms with E-state index in [0.717, 1.165) is 0 Å². The number of rotatable bonds is 5. The van der Waals surface area contributed by atoms with Crippen LogP contribution in [0.3, 0.4) is 0 Å². The Morgan fingerprint density at radius 1 is 1.43 bits per heavy atom. The lowest BCUT2D eigenvalue weighted by atomic mass is 10.0. The van der Waals surface area contributed by atoms with Crippen molar-refractivity contribution in [3.63, 3.8) is 0 Å². The van der Waals surface area contributed by atoms with E-state index in [1.807, 2.05) is 0 Å². The van der Waals surface area contributed by atoms with Crippen LogP contribution in [0.2, 0.25) is 0 Å². The van der Waals surface area contributed by atoms with E-state index in [2.05, 4.69) is 0 Å². The van der Waals surface area contributed by atoms with Gasteiger partial charge in [0.05, 0.1) is 12.7 Å². The van der Waals surface area contributed by atoms with Crippen molar-refractivity contribution in [3.8, 4) is 0 Å². The fraction of sp³-hybridized carbons (Fsp3) is 0.556. The molecule has 0 spiro atoms. The maximum absolute atomic E-state index is 9.71. The molecule has 0 saturated heterocycles. The molecule has 1 rings (SSSR count). The molecule has 0 fully saturated rings. The molecule has 0 amide bonds. The molecule has 1 aromatic rings. The topological polar surface area (TPSA) is 60.7 Å². The summed E-state index contributed by atoms with van der Waals surface area (Å²) >= 11 is 6.82. The summed E-state index contributed by atoms with van der Waals surface area (Å²) in [6.07, 6.45) is -1.49. The van der Waals surface area contributed by atoms with Crippen molar-refractivity contribution >= 4 is 22.9 Å². The van der Waals surface area contributed by atoms with Crippen LogP contribution in [0, 0.1) is 0 Å². The van der Waals surface area contributed by atoms with Gasteiger partial charge in [-0.15, -0.1) is 22.9 Å². The summed E-state index contributed by atoms with van der Waals surface area (Å²) in [5, 5.41) is 29.9. The summed E-state index contributed by atoms with van der Waals surface area (Å²) in [5.74, 6) is 0.302. The second-order valence-corrected chi connectivity index (χ2v) is 4.33. The van der Waals surface area contributed by atoms with Gasteiger partial charge in [-0.3, -0.25) is 0 Å². The quantitative estimate of drug-likeness (QED) is 0.675. The average Bonchev–Trinajstić information content (AvgIpc) is 2.64. The van der Waals surface area contributed by atoms with Crippen LogP contribution in [0.4, 0.5) is 0 Å². The van der Waals surface area contributed by atoms with Gasteiger partial charge in [0.15, 0.2) is 0 Å². The molecule has 0 aliphatic rings. The predicted molar refractivity (Wildman–Crippen MR) is 56.5 cm³/mol. The summed E-state index contributed by atoms with van der Waals surface area (Å²) in [5.41, 5.74) is 0.593. The largest absolute Gasteiger partial charge is 0.391 e. The van der Waals surface area contributed by atoms with Gasteiger partial charge < -0.3 is 15.3 Å². The van der Waals surface area contributed by atoms with Gasteiger partial charge in [0.25, 0.3) is 0 Å². The predicted octanol–water partition coefficient (Wildman–Crippen LogP) is 1.26. The molecule has 2 atom stereocenters. The van der Waals surface area contributed by atoms with Gasteiger partial charge in [-0.05, 0) is 23.4 Å². The van der Waals surface area contributed by atoms with Crippen LogP contribution >= 0.6 is 22.9 Å². The third-order valence-electron chi connectivity index (χ3n) is 2.01. The third-order valence-corrected chi connectivity index (χ3v) is 3.15. The maximum atomic E-state index is 9.71. The highest BCUT2D eigenvalue weighted by molar-refractivity contribution is 7.10. The molecule has 0 aliphatic carbocycles. The summed E-state index contributed by atoms with van der Waals surface area (Å²) in [6, 6.07) is 1.71. The van der Waals surface area contributed by atoms with E-state index in [0.29, 0.717) is 22.7 Å². The number of aliphatic hydroxyl groups is 3. The minimum absolute atomic E-state index is 0.113. The van der Waals surface area contributed by atoms with E-state index >= 15 is 0 Å². The molecule has 1 heterocycles. The van der Waals surface area contributed by atoms with Crippen molar-refractivity contribution in [1.29, 1.82) is 0 Å². The highest BCUT2D eigenvalue weighted by Gasteiger charge is 2.20. The van der Waals surface area contributed by atoms with Gasteiger partial charge in [-0.1, -0.05) is 0 Å². The molecule has 14 heavy (non-hydrogen) atoms. The van der Waals surface area contributed by atoms with Crippen LogP contribution in [0.25, 0.3) is 0 Å². The molecule has 0 saturated carbocycles. The standard InChI is InChI=1S/C9H13ClO3S/c10-3-1-7(12)9(13)6-2-4-14-8(6)5-11/h2,4,7,9,11-13H,1,3,5H2. The summed E-state index contributed by atoms with van der Waals surface area (Å²) < 4.78 is 0. The van der Waals surface area contributed by atoms with Crippen LogP contribution < -0.4 is 0 Å². The molecule has 80 valence electrons. The van der Waals surface area contributed by atoms with Gasteiger partial charge in [0, 0.05) is 10.8 Å². The highest BCUT2D eigenvalue weighted by atomic mass is 35.5. The van der Waals surface area contributed by atoms with Crippen LogP contribution in [-0.4, -0.2) is 27.3 Å². The number of halogens is 1. The third kappa shape index (κ3) is 2.68. The SMILES string of the molecule is OCc1sccc1C(O)C(O)CCCl. The number of hydrogen-bond acceptors (Lipinski definition) is 4. The summed E-state index contributed by atoms with van der Waals surface area (Å²) in [7, 11) is 0. The molecule has 5 heteroatoms. The second-order valence-electron chi connectivity index (χ2n) is 2.95. The molecular weight excluding hydrogens is 224 g/mol. The first kappa shape index (κ1) is 11.9. The Labute approximate surface area is 91.6 Å². The molecule has 0 bridgehead atoms. The van der Waals surface area contributed by atoms with Gasteiger partial charge in [-0.2, -0.15) is 0 Å². The van der Waals surface area contributed by atoms with Gasteiger partial charge >= 0.3 is 0 Å². The molecule has 0 aromatic carbocycles. The smallest absolute Gasteiger partial charge is 0.106 e. The average molecular weight is 237 g/mol. The minimum Gasteiger partial charge on any atom is -0.391 e. The summed E-state index contributed by atoms with van der Waals surface area (Å²) in [6.45, 7) is -0.113. The molecule has 2 unspecified atom stereocenters. The van der Waals surface area contributed by atoms with Gasteiger partial charge in [0.1, 0.15) is 6.10 Å². The van der Waals surface area contributed by atoms with E-state index in [1.54, 1.807) is 11.4 Å². The maximum Gasteiger partial charge on any atom is 0.106 e. The fourth-order valence-electron chi connectivity index (χ4n) is 1.22. The Kier molecular flexibility index (Phi) is 4.84. The van der Waals surface area contributed by atoms with Crippen molar-refractivity contribution in [2.75, 3.05) is 5.88 Å². The zero-order chi connectivity index (χ0) is 10.6. The first-order valence-electron chi connectivity index (χ1n) is 4.30. The van der Waals surface area contributed by atoms with Crippen molar-refractivity contribution in [1.82, 2.24) is 0 Å². The second kappa shape index (κ2) is 5.68. The lowest BCUT2D eigenvalue weighted by Gasteiger charge is -2.16. The van der Waals surface area contributed by atoms with E-state index in [-0.39, 0.29) is 6.61 Å². The van der Waals surface area contributed by atoms with E-state index in [1.165, 1.54) is 11.3 Å². The molecule has 3 N–H and O–H groups in total. The van der Waals surface area contributed by atoms with Gasteiger partial charge in [-0.25, -0.2) is 0 Å². The van der Waals surface area contributed by atoms with Crippen molar-refractivity contribution in [2.45, 2.75) is 25.2 Å². The number of alkyl halides is 1. The normalized spacial score (nSPS) is 15.4. The Morgan fingerprint density at radius 3 is 2.71 bits per heavy atom. The summed E-state index contributed by atoms with van der Waals surface area (Å²) in [4.78, 5) is 0.686. The fourth-order valence-corrected chi connectivity index (χ4v) is 2.22. The monoisotopic (exact) mass is 236 g/mol. The number of hydrogen-bond donors (Lipinski definition) is 3. The van der Waals surface area contributed by atoms with Crippen molar-refractivity contribution in [2.24, 2.45) is 0 Å².